The lowest BCUT2D eigenvalue weighted by atomic mass is 9.98. The number of carbonyl (C=O) groups is 1. The normalized spacial score (nSPS) is 27.9. The van der Waals surface area contributed by atoms with Gasteiger partial charge in [-0.25, -0.2) is 0 Å². The molecule has 2 saturated heterocycles. The van der Waals surface area contributed by atoms with Crippen molar-refractivity contribution in [2.75, 3.05) is 32.7 Å². The van der Waals surface area contributed by atoms with Crippen molar-refractivity contribution in [2.45, 2.75) is 45.6 Å². The van der Waals surface area contributed by atoms with Gasteiger partial charge in [0.1, 0.15) is 0 Å². The Morgan fingerprint density at radius 2 is 2.10 bits per heavy atom. The molecule has 2 fully saturated rings. The number of piperidine rings is 2. The Morgan fingerprint density at radius 1 is 1.33 bits per heavy atom. The Kier molecular flexibility index (Phi) is 10.6. The van der Waals surface area contributed by atoms with Crippen LogP contribution >= 0.6 is 24.8 Å². The molecule has 1 amide bonds. The molecule has 0 saturated carbocycles. The average molecular weight is 340 g/mol. The molecular formula is C15H31Cl2N3O. The Bertz CT molecular complexity index is 299. The van der Waals surface area contributed by atoms with Gasteiger partial charge in [-0.2, -0.15) is 0 Å². The van der Waals surface area contributed by atoms with Crippen LogP contribution in [0.25, 0.3) is 0 Å². The van der Waals surface area contributed by atoms with Gasteiger partial charge in [-0.1, -0.05) is 6.92 Å². The lowest BCUT2D eigenvalue weighted by Gasteiger charge is -2.33. The van der Waals surface area contributed by atoms with Crippen LogP contribution in [0, 0.1) is 11.8 Å². The van der Waals surface area contributed by atoms with E-state index in [1.807, 2.05) is 0 Å². The van der Waals surface area contributed by atoms with Gasteiger partial charge in [0.15, 0.2) is 0 Å². The predicted molar refractivity (Wildman–Crippen MR) is 92.5 cm³/mol. The fourth-order valence-corrected chi connectivity index (χ4v) is 3.32. The van der Waals surface area contributed by atoms with Crippen LogP contribution in [0.4, 0.5) is 0 Å². The highest BCUT2D eigenvalue weighted by molar-refractivity contribution is 5.85. The molecule has 2 aliphatic rings. The summed E-state index contributed by atoms with van der Waals surface area (Å²) in [6.45, 7) is 9.73. The maximum Gasteiger partial charge on any atom is 0.224 e. The molecule has 0 bridgehead atoms. The topological polar surface area (TPSA) is 44.4 Å². The van der Waals surface area contributed by atoms with Crippen molar-refractivity contribution in [3.63, 3.8) is 0 Å². The van der Waals surface area contributed by atoms with Crippen molar-refractivity contribution in [3.05, 3.63) is 0 Å². The number of rotatable bonds is 4. The van der Waals surface area contributed by atoms with Gasteiger partial charge in [0, 0.05) is 25.7 Å². The highest BCUT2D eigenvalue weighted by atomic mass is 35.5. The standard InChI is InChI=1S/C15H29N3O.2ClH/c1-12-5-4-8-18(10-12)11-13(2)17-15(19)14-6-3-7-16-9-14;;/h12-14,16H,3-11H2,1-2H3,(H,17,19);2*1H. The van der Waals surface area contributed by atoms with Crippen LogP contribution in [0.2, 0.25) is 0 Å². The Labute approximate surface area is 141 Å². The minimum Gasteiger partial charge on any atom is -0.352 e. The second-order valence-corrected chi connectivity index (χ2v) is 6.46. The van der Waals surface area contributed by atoms with Crippen LogP contribution in [0.15, 0.2) is 0 Å². The van der Waals surface area contributed by atoms with Gasteiger partial charge in [-0.3, -0.25) is 4.79 Å². The third-order valence-corrected chi connectivity index (χ3v) is 4.33. The molecule has 2 heterocycles. The quantitative estimate of drug-likeness (QED) is 0.823. The van der Waals surface area contributed by atoms with Gasteiger partial charge < -0.3 is 15.5 Å². The molecule has 0 aliphatic carbocycles. The highest BCUT2D eigenvalue weighted by Gasteiger charge is 2.23. The molecule has 2 rings (SSSR count). The molecule has 0 aromatic carbocycles. The summed E-state index contributed by atoms with van der Waals surface area (Å²) in [5, 5.41) is 6.50. The first-order chi connectivity index (χ1) is 9.15. The molecule has 4 nitrogen and oxygen atoms in total. The van der Waals surface area contributed by atoms with Crippen molar-refractivity contribution in [1.29, 1.82) is 0 Å². The number of nitrogens with one attached hydrogen (secondary N) is 2. The minimum atomic E-state index is 0. The maximum atomic E-state index is 12.1. The summed E-state index contributed by atoms with van der Waals surface area (Å²) in [7, 11) is 0. The number of halogens is 2. The summed E-state index contributed by atoms with van der Waals surface area (Å²) in [5.74, 6) is 1.22. The highest BCUT2D eigenvalue weighted by Crippen LogP contribution is 2.15. The molecular weight excluding hydrogens is 309 g/mol. The number of carbonyl (C=O) groups excluding carboxylic acids is 1. The van der Waals surface area contributed by atoms with Gasteiger partial charge in [0.05, 0.1) is 5.92 Å². The fourth-order valence-electron chi connectivity index (χ4n) is 3.32. The molecule has 2 aliphatic heterocycles. The number of likely N-dealkylation sites (tertiary alicyclic amines) is 1. The number of amides is 1. The minimum absolute atomic E-state index is 0. The molecule has 0 aromatic rings. The van der Waals surface area contributed by atoms with Crippen molar-refractivity contribution in [2.24, 2.45) is 11.8 Å². The van der Waals surface area contributed by atoms with Crippen LogP contribution in [0.3, 0.4) is 0 Å². The van der Waals surface area contributed by atoms with E-state index >= 15 is 0 Å². The van der Waals surface area contributed by atoms with Crippen molar-refractivity contribution >= 4 is 30.7 Å². The molecule has 3 atom stereocenters. The second kappa shape index (κ2) is 10.7. The van der Waals surface area contributed by atoms with E-state index in [-0.39, 0.29) is 42.7 Å². The fraction of sp³-hybridized carbons (Fsp3) is 0.933. The van der Waals surface area contributed by atoms with E-state index < -0.39 is 0 Å². The Balaban J connectivity index is 0.00000200. The van der Waals surface area contributed by atoms with Gasteiger partial charge in [-0.15, -0.1) is 24.8 Å². The molecule has 126 valence electrons. The largest absolute Gasteiger partial charge is 0.352 e. The molecule has 3 unspecified atom stereocenters. The lowest BCUT2D eigenvalue weighted by Crippen LogP contribution is -2.48. The molecule has 2 N–H and O–H groups in total. The first-order valence-corrected chi connectivity index (χ1v) is 7.88. The average Bonchev–Trinajstić information content (AvgIpc) is 2.39. The summed E-state index contributed by atoms with van der Waals surface area (Å²) >= 11 is 0. The van der Waals surface area contributed by atoms with Crippen LogP contribution in [0.1, 0.15) is 39.5 Å². The number of nitrogens with zero attached hydrogens (tertiary/aromatic N) is 1. The van der Waals surface area contributed by atoms with E-state index in [0.29, 0.717) is 0 Å². The zero-order valence-corrected chi connectivity index (χ0v) is 14.9. The lowest BCUT2D eigenvalue weighted by molar-refractivity contribution is -0.126. The van der Waals surface area contributed by atoms with E-state index in [1.165, 1.54) is 25.9 Å². The first kappa shape index (κ1) is 21.0. The van der Waals surface area contributed by atoms with Gasteiger partial charge in [0.2, 0.25) is 5.91 Å². The first-order valence-electron chi connectivity index (χ1n) is 7.88. The van der Waals surface area contributed by atoms with Crippen molar-refractivity contribution in [3.8, 4) is 0 Å². The Hall–Kier alpha value is -0.0300. The summed E-state index contributed by atoms with van der Waals surface area (Å²) in [5.41, 5.74) is 0. The monoisotopic (exact) mass is 339 g/mol. The maximum absolute atomic E-state index is 12.1. The molecule has 0 radical (unpaired) electrons. The van der Waals surface area contributed by atoms with Crippen LogP contribution in [0.5, 0.6) is 0 Å². The van der Waals surface area contributed by atoms with E-state index in [2.05, 4.69) is 29.4 Å². The van der Waals surface area contributed by atoms with E-state index in [9.17, 15) is 4.79 Å². The van der Waals surface area contributed by atoms with Crippen LogP contribution in [-0.4, -0.2) is 49.6 Å². The van der Waals surface area contributed by atoms with Gasteiger partial charge in [-0.05, 0) is 51.6 Å². The third-order valence-electron chi connectivity index (χ3n) is 4.33. The molecule has 0 aromatic heterocycles. The van der Waals surface area contributed by atoms with E-state index in [0.717, 1.165) is 38.4 Å². The zero-order valence-electron chi connectivity index (χ0n) is 13.3. The second-order valence-electron chi connectivity index (χ2n) is 6.46. The number of hydrogen-bond acceptors (Lipinski definition) is 3. The van der Waals surface area contributed by atoms with Crippen molar-refractivity contribution in [1.82, 2.24) is 15.5 Å². The summed E-state index contributed by atoms with van der Waals surface area (Å²) < 4.78 is 0. The zero-order chi connectivity index (χ0) is 13.7. The number of hydrogen-bond donors (Lipinski definition) is 2. The molecule has 0 spiro atoms. The Morgan fingerprint density at radius 3 is 2.71 bits per heavy atom. The van der Waals surface area contributed by atoms with Crippen LogP contribution in [-0.2, 0) is 4.79 Å². The summed E-state index contributed by atoms with van der Waals surface area (Å²) in [6.07, 6.45) is 4.81. The SMILES string of the molecule is CC1CCCN(CC(C)NC(=O)C2CCCNC2)C1.Cl.Cl. The van der Waals surface area contributed by atoms with Gasteiger partial charge >= 0.3 is 0 Å². The van der Waals surface area contributed by atoms with Gasteiger partial charge in [0.25, 0.3) is 0 Å². The molecule has 6 heteroatoms. The molecule has 21 heavy (non-hydrogen) atoms. The van der Waals surface area contributed by atoms with Crippen molar-refractivity contribution < 1.29 is 4.79 Å². The predicted octanol–water partition coefficient (Wildman–Crippen LogP) is 2.07. The smallest absolute Gasteiger partial charge is 0.224 e. The van der Waals surface area contributed by atoms with E-state index in [4.69, 9.17) is 0 Å². The summed E-state index contributed by atoms with van der Waals surface area (Å²) in [6, 6.07) is 0.264. The third kappa shape index (κ3) is 7.18. The van der Waals surface area contributed by atoms with E-state index in [1.54, 1.807) is 0 Å². The summed E-state index contributed by atoms with van der Waals surface area (Å²) in [4.78, 5) is 14.6. The van der Waals surface area contributed by atoms with Crippen LogP contribution < -0.4 is 10.6 Å².